The van der Waals surface area contributed by atoms with Crippen LogP contribution in [0.15, 0.2) is 18.3 Å². The molecule has 0 aliphatic carbocycles. The van der Waals surface area contributed by atoms with E-state index in [0.717, 1.165) is 22.8 Å². The summed E-state index contributed by atoms with van der Waals surface area (Å²) < 4.78 is 1.73. The van der Waals surface area contributed by atoms with Crippen molar-refractivity contribution in [2.45, 2.75) is 19.7 Å². The van der Waals surface area contributed by atoms with E-state index < -0.39 is 0 Å². The molecule has 3 nitrogen and oxygen atoms in total. The molecule has 16 heavy (non-hydrogen) atoms. The largest absolute Gasteiger partial charge is 0.237 e. The van der Waals surface area contributed by atoms with Crippen LogP contribution in [0.3, 0.4) is 0 Å². The molecule has 0 radical (unpaired) electrons. The van der Waals surface area contributed by atoms with Gasteiger partial charge in [0.15, 0.2) is 5.82 Å². The number of aryl methyl sites for hydroxylation is 1. The maximum Gasteiger partial charge on any atom is 0.158 e. The Hall–Kier alpha value is -1.06. The van der Waals surface area contributed by atoms with Crippen molar-refractivity contribution in [3.05, 3.63) is 40.3 Å². The van der Waals surface area contributed by atoms with Crippen molar-refractivity contribution in [1.29, 1.82) is 0 Å². The number of nitrogens with zero attached hydrogens (tertiary/aromatic N) is 3. The molecule has 0 amide bonds. The van der Waals surface area contributed by atoms with Crippen molar-refractivity contribution < 1.29 is 0 Å². The third kappa shape index (κ3) is 1.81. The van der Waals surface area contributed by atoms with Crippen molar-refractivity contribution in [3.8, 4) is 5.82 Å². The van der Waals surface area contributed by atoms with E-state index in [1.165, 1.54) is 0 Å². The van der Waals surface area contributed by atoms with Crippen LogP contribution in [0.1, 0.15) is 17.0 Å². The van der Waals surface area contributed by atoms with Gasteiger partial charge in [0.2, 0.25) is 0 Å². The summed E-state index contributed by atoms with van der Waals surface area (Å²) >= 11 is 12.0. The fraction of sp³-hybridized carbons (Fsp3) is 0.273. The van der Waals surface area contributed by atoms with Crippen LogP contribution in [-0.4, -0.2) is 14.8 Å². The lowest BCUT2D eigenvalue weighted by Crippen LogP contribution is -2.05. The lowest BCUT2D eigenvalue weighted by molar-refractivity contribution is 0.797. The van der Waals surface area contributed by atoms with Crippen LogP contribution in [0.2, 0.25) is 5.02 Å². The topological polar surface area (TPSA) is 30.7 Å². The smallest absolute Gasteiger partial charge is 0.158 e. The molecule has 0 spiro atoms. The van der Waals surface area contributed by atoms with E-state index in [4.69, 9.17) is 23.2 Å². The zero-order valence-corrected chi connectivity index (χ0v) is 10.5. The Labute approximate surface area is 104 Å². The van der Waals surface area contributed by atoms with Crippen LogP contribution in [0, 0.1) is 13.8 Å². The minimum Gasteiger partial charge on any atom is -0.237 e. The van der Waals surface area contributed by atoms with Crippen LogP contribution >= 0.6 is 23.2 Å². The summed E-state index contributed by atoms with van der Waals surface area (Å²) in [6.45, 7) is 3.78. The number of halogens is 2. The molecule has 84 valence electrons. The summed E-state index contributed by atoms with van der Waals surface area (Å²) in [6, 6.07) is 3.79. The highest BCUT2D eigenvalue weighted by molar-refractivity contribution is 6.31. The number of alkyl halides is 1. The predicted molar refractivity (Wildman–Crippen MR) is 65.4 cm³/mol. The highest BCUT2D eigenvalue weighted by atomic mass is 35.5. The summed E-state index contributed by atoms with van der Waals surface area (Å²) in [5.41, 5.74) is 2.61. The fourth-order valence-electron chi connectivity index (χ4n) is 1.56. The quantitative estimate of drug-likeness (QED) is 0.772. The maximum atomic E-state index is 6.10. The molecule has 5 heteroatoms. The van der Waals surface area contributed by atoms with Gasteiger partial charge in [-0.1, -0.05) is 17.7 Å². The van der Waals surface area contributed by atoms with Gasteiger partial charge in [-0.25, -0.2) is 9.67 Å². The lowest BCUT2D eigenvalue weighted by Gasteiger charge is -2.07. The van der Waals surface area contributed by atoms with Crippen LogP contribution in [0.5, 0.6) is 0 Å². The van der Waals surface area contributed by atoms with Crippen LogP contribution < -0.4 is 0 Å². The van der Waals surface area contributed by atoms with E-state index in [-0.39, 0.29) is 0 Å². The lowest BCUT2D eigenvalue weighted by atomic mass is 10.3. The second-order valence-corrected chi connectivity index (χ2v) is 4.16. The molecular weight excluding hydrogens is 245 g/mol. The molecule has 2 aromatic heterocycles. The number of rotatable bonds is 2. The van der Waals surface area contributed by atoms with Crippen molar-refractivity contribution in [1.82, 2.24) is 14.8 Å². The molecule has 0 unspecified atom stereocenters. The molecule has 0 atom stereocenters. The molecule has 0 aliphatic heterocycles. The molecule has 2 rings (SSSR count). The Kier molecular flexibility index (Phi) is 3.17. The SMILES string of the molecule is Cc1nn(-c2ncccc2CCl)c(C)c1Cl. The van der Waals surface area contributed by atoms with Gasteiger partial charge in [-0.3, -0.25) is 0 Å². The monoisotopic (exact) mass is 255 g/mol. The second-order valence-electron chi connectivity index (χ2n) is 3.52. The molecule has 0 saturated heterocycles. The molecular formula is C11H11Cl2N3. The van der Waals surface area contributed by atoms with Gasteiger partial charge in [-0.05, 0) is 19.9 Å². The fourth-order valence-corrected chi connectivity index (χ4v) is 1.88. The Bertz CT molecular complexity index is 520. The summed E-state index contributed by atoms with van der Waals surface area (Å²) in [7, 11) is 0. The zero-order valence-electron chi connectivity index (χ0n) is 9.04. The molecule has 2 aromatic rings. The Morgan fingerprint density at radius 3 is 2.69 bits per heavy atom. The minimum atomic E-state index is 0.402. The zero-order chi connectivity index (χ0) is 11.7. The van der Waals surface area contributed by atoms with Gasteiger partial charge in [0, 0.05) is 11.8 Å². The van der Waals surface area contributed by atoms with Crippen LogP contribution in [0.4, 0.5) is 0 Å². The van der Waals surface area contributed by atoms with E-state index in [9.17, 15) is 0 Å². The molecule has 0 saturated carbocycles. The standard InChI is InChI=1S/C11H11Cl2N3/c1-7-10(13)8(2)16(15-7)11-9(6-12)4-3-5-14-11/h3-5H,6H2,1-2H3. The van der Waals surface area contributed by atoms with Crippen molar-refractivity contribution in [2.24, 2.45) is 0 Å². The predicted octanol–water partition coefficient (Wildman–Crippen LogP) is 3.28. The number of pyridine rings is 1. The van der Waals surface area contributed by atoms with E-state index in [1.807, 2.05) is 26.0 Å². The Morgan fingerprint density at radius 1 is 1.38 bits per heavy atom. The van der Waals surface area contributed by atoms with Gasteiger partial charge >= 0.3 is 0 Å². The summed E-state index contributed by atoms with van der Waals surface area (Å²) in [6.07, 6.45) is 1.72. The first-order valence-corrected chi connectivity index (χ1v) is 5.78. The number of aromatic nitrogens is 3. The van der Waals surface area contributed by atoms with Gasteiger partial charge in [-0.15, -0.1) is 11.6 Å². The number of hydrogen-bond donors (Lipinski definition) is 0. The Balaban J connectivity index is 2.63. The minimum absolute atomic E-state index is 0.402. The first-order valence-electron chi connectivity index (χ1n) is 4.87. The van der Waals surface area contributed by atoms with E-state index in [1.54, 1.807) is 10.9 Å². The molecule has 0 N–H and O–H groups in total. The van der Waals surface area contributed by atoms with Gasteiger partial charge < -0.3 is 0 Å². The van der Waals surface area contributed by atoms with Gasteiger partial charge in [-0.2, -0.15) is 5.10 Å². The molecule has 0 bridgehead atoms. The average molecular weight is 256 g/mol. The van der Waals surface area contributed by atoms with Crippen LogP contribution in [-0.2, 0) is 5.88 Å². The average Bonchev–Trinajstić information content (AvgIpc) is 2.57. The highest BCUT2D eigenvalue weighted by Gasteiger charge is 2.13. The van der Waals surface area contributed by atoms with Crippen molar-refractivity contribution >= 4 is 23.2 Å². The van der Waals surface area contributed by atoms with E-state index >= 15 is 0 Å². The second kappa shape index (κ2) is 4.44. The maximum absolute atomic E-state index is 6.10. The van der Waals surface area contributed by atoms with Gasteiger partial charge in [0.25, 0.3) is 0 Å². The third-order valence-corrected chi connectivity index (χ3v) is 3.25. The third-order valence-electron chi connectivity index (χ3n) is 2.42. The van der Waals surface area contributed by atoms with Crippen molar-refractivity contribution in [3.63, 3.8) is 0 Å². The normalized spacial score (nSPS) is 10.8. The van der Waals surface area contributed by atoms with E-state index in [0.29, 0.717) is 10.9 Å². The highest BCUT2D eigenvalue weighted by Crippen LogP contribution is 2.23. The van der Waals surface area contributed by atoms with Crippen LogP contribution in [0.25, 0.3) is 5.82 Å². The van der Waals surface area contributed by atoms with E-state index in [2.05, 4.69) is 10.1 Å². The first-order chi connectivity index (χ1) is 7.65. The Morgan fingerprint density at radius 2 is 2.12 bits per heavy atom. The first kappa shape index (κ1) is 11.4. The summed E-state index contributed by atoms with van der Waals surface area (Å²) in [5, 5.41) is 5.02. The molecule has 0 aromatic carbocycles. The number of hydrogen-bond acceptors (Lipinski definition) is 2. The molecule has 0 aliphatic rings. The van der Waals surface area contributed by atoms with Crippen molar-refractivity contribution in [2.75, 3.05) is 0 Å². The summed E-state index contributed by atoms with van der Waals surface area (Å²) in [5.74, 6) is 1.14. The molecule has 0 fully saturated rings. The van der Waals surface area contributed by atoms with Gasteiger partial charge in [0.05, 0.1) is 22.3 Å². The molecule has 2 heterocycles. The van der Waals surface area contributed by atoms with Gasteiger partial charge in [0.1, 0.15) is 0 Å². The summed E-state index contributed by atoms with van der Waals surface area (Å²) in [4.78, 5) is 4.29.